The molecule has 3 amide bonds. The zero-order valence-electron chi connectivity index (χ0n) is 17.2. The Labute approximate surface area is 170 Å². The smallest absolute Gasteiger partial charge is 0.407 e. The highest BCUT2D eigenvalue weighted by Crippen LogP contribution is 2.08. The van der Waals surface area contributed by atoms with Crippen LogP contribution in [0.2, 0.25) is 0 Å². The van der Waals surface area contributed by atoms with Crippen molar-refractivity contribution in [2.75, 3.05) is 0 Å². The molecule has 0 atom stereocenters. The summed E-state index contributed by atoms with van der Waals surface area (Å²) >= 11 is 0. The fraction of sp³-hybridized carbons (Fsp3) is 0.318. The molecule has 154 valence electrons. The summed E-state index contributed by atoms with van der Waals surface area (Å²) in [5.74, 6) is -0.825. The van der Waals surface area contributed by atoms with Crippen LogP contribution >= 0.6 is 0 Å². The predicted octanol–water partition coefficient (Wildman–Crippen LogP) is 3.35. The molecule has 7 heteroatoms. The van der Waals surface area contributed by atoms with Crippen molar-refractivity contribution in [2.45, 2.75) is 46.3 Å². The van der Waals surface area contributed by atoms with Gasteiger partial charge in [0.15, 0.2) is 0 Å². The van der Waals surface area contributed by atoms with Gasteiger partial charge < -0.3 is 10.1 Å². The summed E-state index contributed by atoms with van der Waals surface area (Å²) in [6, 6.07) is 13.9. The molecule has 0 saturated carbocycles. The Kier molecular flexibility index (Phi) is 7.36. The van der Waals surface area contributed by atoms with Crippen LogP contribution in [0.1, 0.15) is 59.5 Å². The van der Waals surface area contributed by atoms with Crippen LogP contribution in [0.5, 0.6) is 0 Å². The van der Waals surface area contributed by atoms with E-state index in [0.29, 0.717) is 11.1 Å². The number of ether oxygens (including phenoxy) is 1. The van der Waals surface area contributed by atoms with Gasteiger partial charge in [0.1, 0.15) is 5.60 Å². The monoisotopic (exact) mass is 397 g/mol. The number of carbonyl (C=O) groups is 3. The van der Waals surface area contributed by atoms with Gasteiger partial charge in [0.05, 0.1) is 0 Å². The second-order valence-corrected chi connectivity index (χ2v) is 7.51. The molecule has 3 N–H and O–H groups in total. The first-order chi connectivity index (χ1) is 13.7. The molecule has 0 aromatic heterocycles. The van der Waals surface area contributed by atoms with Crippen LogP contribution in [0.4, 0.5) is 4.79 Å². The van der Waals surface area contributed by atoms with Gasteiger partial charge in [-0.3, -0.25) is 20.4 Å². The lowest BCUT2D eigenvalue weighted by Crippen LogP contribution is -2.41. The molecule has 2 rings (SSSR count). The van der Waals surface area contributed by atoms with E-state index in [1.54, 1.807) is 57.2 Å². The maximum absolute atomic E-state index is 12.2. The lowest BCUT2D eigenvalue weighted by Gasteiger charge is -2.19. The fourth-order valence-corrected chi connectivity index (χ4v) is 2.41. The van der Waals surface area contributed by atoms with E-state index in [0.717, 1.165) is 17.5 Å². The highest BCUT2D eigenvalue weighted by Gasteiger charge is 2.15. The number of hydrogen-bond donors (Lipinski definition) is 3. The summed E-state index contributed by atoms with van der Waals surface area (Å²) < 4.78 is 5.17. The van der Waals surface area contributed by atoms with Crippen LogP contribution in [0.15, 0.2) is 48.5 Å². The van der Waals surface area contributed by atoms with E-state index < -0.39 is 17.6 Å². The summed E-state index contributed by atoms with van der Waals surface area (Å²) in [6.07, 6.45) is 0.385. The summed E-state index contributed by atoms with van der Waals surface area (Å²) in [5.41, 5.74) is 7.02. The second-order valence-electron chi connectivity index (χ2n) is 7.51. The predicted molar refractivity (Wildman–Crippen MR) is 110 cm³/mol. The Morgan fingerprint density at radius 2 is 1.24 bits per heavy atom. The Morgan fingerprint density at radius 1 is 0.793 bits per heavy atom. The minimum atomic E-state index is -0.561. The van der Waals surface area contributed by atoms with Crippen LogP contribution in [-0.4, -0.2) is 23.5 Å². The number of rotatable bonds is 5. The molecule has 0 aliphatic heterocycles. The molecule has 0 aliphatic carbocycles. The average Bonchev–Trinajstić information content (AvgIpc) is 2.69. The normalized spacial score (nSPS) is 10.8. The highest BCUT2D eigenvalue weighted by atomic mass is 16.6. The number of aryl methyl sites for hydroxylation is 1. The van der Waals surface area contributed by atoms with E-state index in [1.807, 2.05) is 19.1 Å². The molecule has 7 nitrogen and oxygen atoms in total. The Balaban J connectivity index is 1.83. The Hall–Kier alpha value is -3.35. The van der Waals surface area contributed by atoms with Crippen molar-refractivity contribution in [3.8, 4) is 0 Å². The summed E-state index contributed by atoms with van der Waals surface area (Å²) in [4.78, 5) is 36.0. The van der Waals surface area contributed by atoms with Gasteiger partial charge in [-0.25, -0.2) is 4.79 Å². The zero-order valence-corrected chi connectivity index (χ0v) is 17.2. The summed E-state index contributed by atoms with van der Waals surface area (Å²) in [5, 5.41) is 2.65. The van der Waals surface area contributed by atoms with Crippen molar-refractivity contribution in [3.05, 3.63) is 70.8 Å². The molecular formula is C22H27N3O4. The number of hydrazine groups is 1. The standard InChI is InChI=1S/C22H27N3O4/c1-5-15-6-10-17(11-7-15)19(26)24-25-20(27)18-12-8-16(9-13-18)14-23-21(28)29-22(2,3)4/h6-13H,5,14H2,1-4H3,(H,23,28)(H,24,26)(H,25,27). The molecule has 2 aromatic carbocycles. The lowest BCUT2D eigenvalue weighted by atomic mass is 10.1. The van der Waals surface area contributed by atoms with E-state index in [4.69, 9.17) is 4.74 Å². The van der Waals surface area contributed by atoms with Gasteiger partial charge in [0, 0.05) is 17.7 Å². The Morgan fingerprint density at radius 3 is 1.66 bits per heavy atom. The van der Waals surface area contributed by atoms with Crippen LogP contribution in [0.25, 0.3) is 0 Å². The minimum absolute atomic E-state index is 0.279. The van der Waals surface area contributed by atoms with E-state index in [-0.39, 0.29) is 12.5 Å². The second kappa shape index (κ2) is 9.73. The van der Waals surface area contributed by atoms with Gasteiger partial charge in [-0.1, -0.05) is 31.2 Å². The third-order valence-electron chi connectivity index (χ3n) is 3.97. The van der Waals surface area contributed by atoms with Gasteiger partial charge in [-0.2, -0.15) is 0 Å². The van der Waals surface area contributed by atoms with Crippen molar-refractivity contribution >= 4 is 17.9 Å². The summed E-state index contributed by atoms with van der Waals surface area (Å²) in [6.45, 7) is 7.69. The maximum Gasteiger partial charge on any atom is 0.407 e. The number of carbonyl (C=O) groups excluding carboxylic acids is 3. The van der Waals surface area contributed by atoms with Crippen LogP contribution in [-0.2, 0) is 17.7 Å². The van der Waals surface area contributed by atoms with Crippen LogP contribution in [0.3, 0.4) is 0 Å². The minimum Gasteiger partial charge on any atom is -0.444 e. The number of hydrogen-bond acceptors (Lipinski definition) is 4. The quantitative estimate of drug-likeness (QED) is 0.674. The molecule has 29 heavy (non-hydrogen) atoms. The van der Waals surface area contributed by atoms with Crippen LogP contribution < -0.4 is 16.2 Å². The largest absolute Gasteiger partial charge is 0.444 e. The molecule has 0 fully saturated rings. The molecule has 0 unspecified atom stereocenters. The van der Waals surface area contributed by atoms with Gasteiger partial charge in [-0.15, -0.1) is 0 Å². The average molecular weight is 397 g/mol. The molecule has 0 saturated heterocycles. The first-order valence-corrected chi connectivity index (χ1v) is 9.43. The molecule has 0 heterocycles. The van der Waals surface area contributed by atoms with E-state index in [1.165, 1.54) is 0 Å². The van der Waals surface area contributed by atoms with Gasteiger partial charge in [0.25, 0.3) is 11.8 Å². The lowest BCUT2D eigenvalue weighted by molar-refractivity contribution is 0.0523. The van der Waals surface area contributed by atoms with Crippen molar-refractivity contribution < 1.29 is 19.1 Å². The summed E-state index contributed by atoms with van der Waals surface area (Å²) in [7, 11) is 0. The topological polar surface area (TPSA) is 96.5 Å². The van der Waals surface area contributed by atoms with Crippen molar-refractivity contribution in [1.82, 2.24) is 16.2 Å². The number of alkyl carbamates (subject to hydrolysis) is 1. The Bertz CT molecular complexity index is 853. The zero-order chi connectivity index (χ0) is 21.4. The number of nitrogens with one attached hydrogen (secondary N) is 3. The molecule has 0 bridgehead atoms. The van der Waals surface area contributed by atoms with Crippen LogP contribution in [0, 0.1) is 0 Å². The van der Waals surface area contributed by atoms with Gasteiger partial charge in [0.2, 0.25) is 0 Å². The third-order valence-corrected chi connectivity index (χ3v) is 3.97. The molecular weight excluding hydrogens is 370 g/mol. The van der Waals surface area contributed by atoms with Gasteiger partial charge >= 0.3 is 6.09 Å². The third kappa shape index (κ3) is 7.29. The SMILES string of the molecule is CCc1ccc(C(=O)NNC(=O)c2ccc(CNC(=O)OC(C)(C)C)cc2)cc1. The molecule has 2 aromatic rings. The number of amides is 3. The van der Waals surface area contributed by atoms with Gasteiger partial charge in [-0.05, 0) is 62.6 Å². The fourth-order valence-electron chi connectivity index (χ4n) is 2.41. The van der Waals surface area contributed by atoms with Crippen molar-refractivity contribution in [1.29, 1.82) is 0 Å². The molecule has 0 spiro atoms. The van der Waals surface area contributed by atoms with E-state index >= 15 is 0 Å². The molecule has 0 aliphatic rings. The van der Waals surface area contributed by atoms with E-state index in [9.17, 15) is 14.4 Å². The van der Waals surface area contributed by atoms with Crippen molar-refractivity contribution in [3.63, 3.8) is 0 Å². The first-order valence-electron chi connectivity index (χ1n) is 9.43. The first kappa shape index (κ1) is 21.9. The molecule has 0 radical (unpaired) electrons. The van der Waals surface area contributed by atoms with Crippen molar-refractivity contribution in [2.24, 2.45) is 0 Å². The van der Waals surface area contributed by atoms with E-state index in [2.05, 4.69) is 16.2 Å². The number of benzene rings is 2. The highest BCUT2D eigenvalue weighted by molar-refractivity contribution is 5.99. The maximum atomic E-state index is 12.2.